The Kier molecular flexibility index (Phi) is 7.28. The van der Waals surface area contributed by atoms with Gasteiger partial charge in [-0.3, -0.25) is 9.59 Å². The summed E-state index contributed by atoms with van der Waals surface area (Å²) in [5.41, 5.74) is 3.09. The van der Waals surface area contributed by atoms with Crippen LogP contribution in [0.15, 0.2) is 48.5 Å². The van der Waals surface area contributed by atoms with E-state index in [4.69, 9.17) is 4.74 Å². The smallest absolute Gasteiger partial charge is 0.227 e. The average molecular weight is 395 g/mol. The Bertz CT molecular complexity index is 824. The van der Waals surface area contributed by atoms with Crippen LogP contribution in [0.2, 0.25) is 0 Å². The van der Waals surface area contributed by atoms with Crippen molar-refractivity contribution >= 4 is 17.5 Å². The molecule has 2 N–H and O–H groups in total. The number of methoxy groups -OCH3 is 1. The number of para-hydroxylation sites is 1. The van der Waals surface area contributed by atoms with E-state index in [0.717, 1.165) is 49.1 Å². The first-order chi connectivity index (χ1) is 14.1. The molecule has 0 unspecified atom stereocenters. The highest BCUT2D eigenvalue weighted by atomic mass is 16.5. The highest BCUT2D eigenvalue weighted by Gasteiger charge is 2.29. The molecule has 29 heavy (non-hydrogen) atoms. The Morgan fingerprint density at radius 2 is 1.55 bits per heavy atom. The molecule has 2 amide bonds. The van der Waals surface area contributed by atoms with Gasteiger partial charge in [0.05, 0.1) is 7.11 Å². The Labute approximate surface area is 172 Å². The molecule has 2 aromatic rings. The maximum Gasteiger partial charge on any atom is 0.227 e. The van der Waals surface area contributed by atoms with E-state index in [-0.39, 0.29) is 23.7 Å². The standard InChI is InChI=1S/C24H30N2O3/c1-17-7-13-21(14-8-17)26-24(28)20-11-9-19(10-12-20)23(27)25-16-15-18-5-3-4-6-22(18)29-2/h3-8,13-14,19-20H,9-12,15-16H2,1-2H3,(H,25,27)(H,26,28). The number of amides is 2. The molecular weight excluding hydrogens is 364 g/mol. The summed E-state index contributed by atoms with van der Waals surface area (Å²) in [5.74, 6) is 0.980. The zero-order chi connectivity index (χ0) is 20.6. The summed E-state index contributed by atoms with van der Waals surface area (Å²) in [6.07, 6.45) is 3.76. The minimum atomic E-state index is -0.0195. The van der Waals surface area contributed by atoms with Gasteiger partial charge in [-0.1, -0.05) is 35.9 Å². The molecule has 0 aliphatic heterocycles. The monoisotopic (exact) mass is 394 g/mol. The van der Waals surface area contributed by atoms with E-state index in [1.165, 1.54) is 5.56 Å². The zero-order valence-corrected chi connectivity index (χ0v) is 17.2. The number of hydrogen-bond acceptors (Lipinski definition) is 3. The molecule has 0 saturated heterocycles. The highest BCUT2D eigenvalue weighted by Crippen LogP contribution is 2.30. The van der Waals surface area contributed by atoms with Crippen LogP contribution >= 0.6 is 0 Å². The number of nitrogens with one attached hydrogen (secondary N) is 2. The molecule has 0 heterocycles. The van der Waals surface area contributed by atoms with E-state index in [1.807, 2.05) is 55.5 Å². The second-order valence-electron chi connectivity index (χ2n) is 7.76. The molecular formula is C24H30N2O3. The van der Waals surface area contributed by atoms with Crippen molar-refractivity contribution in [2.75, 3.05) is 19.0 Å². The fraction of sp³-hybridized carbons (Fsp3) is 0.417. The van der Waals surface area contributed by atoms with Gasteiger partial charge in [0.15, 0.2) is 0 Å². The minimum Gasteiger partial charge on any atom is -0.496 e. The number of hydrogen-bond donors (Lipinski definition) is 2. The number of carbonyl (C=O) groups excluding carboxylic acids is 2. The number of benzene rings is 2. The van der Waals surface area contributed by atoms with Crippen molar-refractivity contribution in [1.29, 1.82) is 0 Å². The Balaban J connectivity index is 1.41. The largest absolute Gasteiger partial charge is 0.496 e. The van der Waals surface area contributed by atoms with Crippen LogP contribution in [0, 0.1) is 18.8 Å². The second-order valence-corrected chi connectivity index (χ2v) is 7.76. The van der Waals surface area contributed by atoms with Gasteiger partial charge < -0.3 is 15.4 Å². The molecule has 2 aromatic carbocycles. The molecule has 1 aliphatic carbocycles. The lowest BCUT2D eigenvalue weighted by Crippen LogP contribution is -2.36. The van der Waals surface area contributed by atoms with Crippen LogP contribution in [0.25, 0.3) is 0 Å². The Morgan fingerprint density at radius 3 is 2.21 bits per heavy atom. The van der Waals surface area contributed by atoms with E-state index in [0.29, 0.717) is 6.54 Å². The van der Waals surface area contributed by atoms with Crippen LogP contribution in [-0.4, -0.2) is 25.5 Å². The predicted octanol–water partition coefficient (Wildman–Crippen LogP) is 4.11. The average Bonchev–Trinajstić information content (AvgIpc) is 2.75. The molecule has 1 aliphatic rings. The zero-order valence-electron chi connectivity index (χ0n) is 17.2. The molecule has 154 valence electrons. The first kappa shape index (κ1) is 20.9. The van der Waals surface area contributed by atoms with E-state index in [2.05, 4.69) is 10.6 Å². The summed E-state index contributed by atoms with van der Waals surface area (Å²) in [6, 6.07) is 15.7. The lowest BCUT2D eigenvalue weighted by molar-refractivity contribution is -0.128. The molecule has 1 fully saturated rings. The maximum atomic E-state index is 12.5. The number of anilines is 1. The third-order valence-electron chi connectivity index (χ3n) is 5.67. The predicted molar refractivity (Wildman–Crippen MR) is 115 cm³/mol. The van der Waals surface area contributed by atoms with Crippen molar-refractivity contribution < 1.29 is 14.3 Å². The molecule has 0 radical (unpaired) electrons. The van der Waals surface area contributed by atoms with Gasteiger partial charge in [0.1, 0.15) is 5.75 Å². The normalized spacial score (nSPS) is 18.7. The number of rotatable bonds is 7. The molecule has 0 aromatic heterocycles. The fourth-order valence-corrected chi connectivity index (χ4v) is 3.87. The van der Waals surface area contributed by atoms with Gasteiger partial charge >= 0.3 is 0 Å². The quantitative estimate of drug-likeness (QED) is 0.743. The van der Waals surface area contributed by atoms with E-state index < -0.39 is 0 Å². The molecule has 5 heteroatoms. The second kappa shape index (κ2) is 10.1. The van der Waals surface area contributed by atoms with Gasteiger partial charge in [0.2, 0.25) is 11.8 Å². The van der Waals surface area contributed by atoms with Gasteiger partial charge in [-0.2, -0.15) is 0 Å². The van der Waals surface area contributed by atoms with Gasteiger partial charge in [-0.05, 0) is 62.8 Å². The molecule has 0 bridgehead atoms. The number of carbonyl (C=O) groups is 2. The van der Waals surface area contributed by atoms with Crippen molar-refractivity contribution in [1.82, 2.24) is 5.32 Å². The summed E-state index contributed by atoms with van der Waals surface area (Å²) in [7, 11) is 1.66. The minimum absolute atomic E-state index is 0.00362. The Hall–Kier alpha value is -2.82. The van der Waals surface area contributed by atoms with E-state index in [1.54, 1.807) is 7.11 Å². The lowest BCUT2D eigenvalue weighted by atomic mass is 9.81. The lowest BCUT2D eigenvalue weighted by Gasteiger charge is -2.27. The highest BCUT2D eigenvalue weighted by molar-refractivity contribution is 5.92. The van der Waals surface area contributed by atoms with Crippen molar-refractivity contribution in [2.45, 2.75) is 39.0 Å². The van der Waals surface area contributed by atoms with Gasteiger partial charge in [-0.15, -0.1) is 0 Å². The van der Waals surface area contributed by atoms with Crippen LogP contribution in [0.4, 0.5) is 5.69 Å². The van der Waals surface area contributed by atoms with Crippen molar-refractivity contribution in [3.05, 3.63) is 59.7 Å². The van der Waals surface area contributed by atoms with Gasteiger partial charge in [0, 0.05) is 24.1 Å². The summed E-state index contributed by atoms with van der Waals surface area (Å²) >= 11 is 0. The van der Waals surface area contributed by atoms with Gasteiger partial charge in [-0.25, -0.2) is 0 Å². The molecule has 5 nitrogen and oxygen atoms in total. The molecule has 0 spiro atoms. The summed E-state index contributed by atoms with van der Waals surface area (Å²) in [5, 5.41) is 6.04. The summed E-state index contributed by atoms with van der Waals surface area (Å²) < 4.78 is 5.35. The number of aryl methyl sites for hydroxylation is 1. The van der Waals surface area contributed by atoms with Crippen LogP contribution in [0.1, 0.15) is 36.8 Å². The van der Waals surface area contributed by atoms with Crippen molar-refractivity contribution in [2.24, 2.45) is 11.8 Å². The topological polar surface area (TPSA) is 67.4 Å². The van der Waals surface area contributed by atoms with E-state index in [9.17, 15) is 9.59 Å². The van der Waals surface area contributed by atoms with Crippen molar-refractivity contribution in [3.8, 4) is 5.75 Å². The summed E-state index contributed by atoms with van der Waals surface area (Å²) in [6.45, 7) is 2.61. The number of ether oxygens (including phenoxy) is 1. The fourth-order valence-electron chi connectivity index (χ4n) is 3.87. The van der Waals surface area contributed by atoms with Crippen LogP contribution in [0.5, 0.6) is 5.75 Å². The van der Waals surface area contributed by atoms with Crippen LogP contribution in [-0.2, 0) is 16.0 Å². The molecule has 3 rings (SSSR count). The van der Waals surface area contributed by atoms with Crippen LogP contribution < -0.4 is 15.4 Å². The summed E-state index contributed by atoms with van der Waals surface area (Å²) in [4.78, 5) is 25.0. The first-order valence-electron chi connectivity index (χ1n) is 10.3. The first-order valence-corrected chi connectivity index (χ1v) is 10.3. The van der Waals surface area contributed by atoms with Crippen LogP contribution in [0.3, 0.4) is 0 Å². The molecule has 0 atom stereocenters. The molecule has 1 saturated carbocycles. The third kappa shape index (κ3) is 5.83. The third-order valence-corrected chi connectivity index (χ3v) is 5.67. The van der Waals surface area contributed by atoms with Crippen molar-refractivity contribution in [3.63, 3.8) is 0 Å². The SMILES string of the molecule is COc1ccccc1CCNC(=O)C1CCC(C(=O)Nc2ccc(C)cc2)CC1. The van der Waals surface area contributed by atoms with Gasteiger partial charge in [0.25, 0.3) is 0 Å². The maximum absolute atomic E-state index is 12.5. The Morgan fingerprint density at radius 1 is 0.931 bits per heavy atom. The van der Waals surface area contributed by atoms with E-state index >= 15 is 0 Å².